The van der Waals surface area contributed by atoms with Gasteiger partial charge in [-0.15, -0.1) is 0 Å². The Morgan fingerprint density at radius 1 is 0.906 bits per heavy atom. The fourth-order valence-electron chi connectivity index (χ4n) is 4.19. The lowest BCUT2D eigenvalue weighted by atomic mass is 9.96. The highest BCUT2D eigenvalue weighted by atomic mass is 16.4. The van der Waals surface area contributed by atoms with Gasteiger partial charge in [-0.3, -0.25) is 19.2 Å². The van der Waals surface area contributed by atoms with Gasteiger partial charge in [0.1, 0.15) is 0 Å². The Morgan fingerprint density at radius 3 is 2.19 bits per heavy atom. The van der Waals surface area contributed by atoms with Crippen LogP contribution in [-0.4, -0.2) is 53.3 Å². The van der Waals surface area contributed by atoms with E-state index in [1.165, 1.54) is 0 Å². The van der Waals surface area contributed by atoms with Crippen LogP contribution in [0, 0.1) is 11.8 Å². The number of rotatable bonds is 5. The van der Waals surface area contributed by atoms with E-state index < -0.39 is 17.8 Å². The number of anilines is 2. The molecule has 8 heteroatoms. The van der Waals surface area contributed by atoms with Crippen molar-refractivity contribution in [2.45, 2.75) is 19.3 Å². The van der Waals surface area contributed by atoms with Crippen LogP contribution in [0.15, 0.2) is 54.6 Å². The summed E-state index contributed by atoms with van der Waals surface area (Å²) in [4.78, 5) is 52.0. The SMILES string of the molecule is O=C(O)C1CCN(C(=O)c2ccc(NC(=O)[C@H]3CC(=O)N(c4ccccc4)C3)cc2)CC1. The van der Waals surface area contributed by atoms with Gasteiger partial charge >= 0.3 is 5.97 Å². The third-order valence-corrected chi connectivity index (χ3v) is 6.09. The van der Waals surface area contributed by atoms with Gasteiger partial charge in [0.2, 0.25) is 11.8 Å². The molecule has 8 nitrogen and oxygen atoms in total. The maximum Gasteiger partial charge on any atom is 0.306 e. The summed E-state index contributed by atoms with van der Waals surface area (Å²) in [5.41, 5.74) is 1.83. The minimum atomic E-state index is -0.812. The van der Waals surface area contributed by atoms with Crippen LogP contribution in [0.2, 0.25) is 0 Å². The van der Waals surface area contributed by atoms with Gasteiger partial charge in [0.05, 0.1) is 11.8 Å². The molecule has 2 aliphatic heterocycles. The Hall–Kier alpha value is -3.68. The van der Waals surface area contributed by atoms with Crippen molar-refractivity contribution in [1.29, 1.82) is 0 Å². The molecule has 2 saturated heterocycles. The highest BCUT2D eigenvalue weighted by molar-refractivity contribution is 6.03. The number of hydrogen-bond acceptors (Lipinski definition) is 4. The zero-order valence-corrected chi connectivity index (χ0v) is 17.6. The summed E-state index contributed by atoms with van der Waals surface area (Å²) in [6.45, 7) is 1.17. The van der Waals surface area contributed by atoms with Gasteiger partial charge in [0.15, 0.2) is 0 Å². The predicted octanol–water partition coefficient (Wildman–Crippen LogP) is 2.62. The molecule has 3 amide bonds. The number of carbonyl (C=O) groups is 4. The predicted molar refractivity (Wildman–Crippen MR) is 118 cm³/mol. The summed E-state index contributed by atoms with van der Waals surface area (Å²) in [5.74, 6) is -2.10. The first-order chi connectivity index (χ1) is 15.4. The molecule has 2 aromatic rings. The molecular weight excluding hydrogens is 410 g/mol. The van der Waals surface area contributed by atoms with E-state index in [2.05, 4.69) is 5.32 Å². The molecule has 1 atom stereocenters. The molecule has 0 aromatic heterocycles. The van der Waals surface area contributed by atoms with Crippen molar-refractivity contribution in [1.82, 2.24) is 4.90 Å². The third-order valence-electron chi connectivity index (χ3n) is 6.09. The van der Waals surface area contributed by atoms with Crippen molar-refractivity contribution in [2.75, 3.05) is 29.9 Å². The molecule has 2 N–H and O–H groups in total. The number of carbonyl (C=O) groups excluding carboxylic acids is 3. The van der Waals surface area contributed by atoms with Crippen LogP contribution in [0.5, 0.6) is 0 Å². The lowest BCUT2D eigenvalue weighted by molar-refractivity contribution is -0.143. The van der Waals surface area contributed by atoms with E-state index in [1.807, 2.05) is 30.3 Å². The van der Waals surface area contributed by atoms with E-state index in [0.717, 1.165) is 5.69 Å². The third kappa shape index (κ3) is 4.64. The normalized spacial score (nSPS) is 19.1. The van der Waals surface area contributed by atoms with Crippen LogP contribution in [-0.2, 0) is 14.4 Å². The fourth-order valence-corrected chi connectivity index (χ4v) is 4.19. The number of nitrogens with zero attached hydrogens (tertiary/aromatic N) is 2. The fraction of sp³-hybridized carbons (Fsp3) is 0.333. The first kappa shape index (κ1) is 21.5. The second-order valence-corrected chi connectivity index (χ2v) is 8.21. The number of amides is 3. The molecule has 0 radical (unpaired) electrons. The molecule has 166 valence electrons. The van der Waals surface area contributed by atoms with Gasteiger partial charge in [-0.05, 0) is 49.2 Å². The molecule has 2 fully saturated rings. The number of nitrogens with one attached hydrogen (secondary N) is 1. The van der Waals surface area contributed by atoms with Crippen LogP contribution in [0.3, 0.4) is 0 Å². The zero-order valence-electron chi connectivity index (χ0n) is 17.6. The minimum Gasteiger partial charge on any atom is -0.481 e. The molecule has 2 heterocycles. The van der Waals surface area contributed by atoms with Gasteiger partial charge in [-0.1, -0.05) is 18.2 Å². The molecule has 0 bridgehead atoms. The van der Waals surface area contributed by atoms with Gasteiger partial charge in [0, 0.05) is 43.0 Å². The lowest BCUT2D eigenvalue weighted by Gasteiger charge is -2.30. The van der Waals surface area contributed by atoms with E-state index >= 15 is 0 Å². The van der Waals surface area contributed by atoms with E-state index in [0.29, 0.717) is 43.7 Å². The summed E-state index contributed by atoms with van der Waals surface area (Å²) in [6.07, 6.45) is 1.06. The number of para-hydroxylation sites is 1. The van der Waals surface area contributed by atoms with Crippen LogP contribution in [0.1, 0.15) is 29.6 Å². The molecule has 2 aromatic carbocycles. The second kappa shape index (κ2) is 9.21. The average molecular weight is 435 g/mol. The van der Waals surface area contributed by atoms with Crippen LogP contribution < -0.4 is 10.2 Å². The average Bonchev–Trinajstić information content (AvgIpc) is 3.21. The molecule has 2 aliphatic rings. The number of benzene rings is 2. The smallest absolute Gasteiger partial charge is 0.306 e. The van der Waals surface area contributed by atoms with E-state index in [4.69, 9.17) is 5.11 Å². The summed E-state index contributed by atoms with van der Waals surface area (Å²) in [7, 11) is 0. The highest BCUT2D eigenvalue weighted by Crippen LogP contribution is 2.26. The summed E-state index contributed by atoms with van der Waals surface area (Å²) in [5, 5.41) is 11.9. The molecular formula is C24H25N3O5. The maximum atomic E-state index is 12.7. The topological polar surface area (TPSA) is 107 Å². The molecule has 0 spiro atoms. The number of carboxylic acid groups (broad SMARTS) is 1. The molecule has 4 rings (SSSR count). The number of piperidine rings is 1. The quantitative estimate of drug-likeness (QED) is 0.751. The summed E-state index contributed by atoms with van der Waals surface area (Å²) in [6, 6.07) is 15.9. The monoisotopic (exact) mass is 435 g/mol. The lowest BCUT2D eigenvalue weighted by Crippen LogP contribution is -2.40. The second-order valence-electron chi connectivity index (χ2n) is 8.21. The number of likely N-dealkylation sites (tertiary alicyclic amines) is 1. The van der Waals surface area contributed by atoms with Crippen molar-refractivity contribution in [3.63, 3.8) is 0 Å². The molecule has 32 heavy (non-hydrogen) atoms. The Kier molecular flexibility index (Phi) is 6.20. The van der Waals surface area contributed by atoms with Crippen molar-refractivity contribution in [2.24, 2.45) is 11.8 Å². The van der Waals surface area contributed by atoms with E-state index in [1.54, 1.807) is 34.1 Å². The number of carboxylic acids is 1. The molecule has 0 saturated carbocycles. The standard InChI is InChI=1S/C24H25N3O5/c28-21-14-18(15-27(21)20-4-2-1-3-5-20)22(29)25-19-8-6-16(7-9-19)23(30)26-12-10-17(11-13-26)24(31)32/h1-9,17-18H,10-15H2,(H,25,29)(H,31,32)/t18-/m0/s1. The van der Waals surface area contributed by atoms with E-state index in [-0.39, 0.29) is 24.1 Å². The summed E-state index contributed by atoms with van der Waals surface area (Å²) >= 11 is 0. The van der Waals surface area contributed by atoms with Crippen LogP contribution >= 0.6 is 0 Å². The summed E-state index contributed by atoms with van der Waals surface area (Å²) < 4.78 is 0. The largest absolute Gasteiger partial charge is 0.481 e. The van der Waals surface area contributed by atoms with Crippen molar-refractivity contribution in [3.8, 4) is 0 Å². The van der Waals surface area contributed by atoms with Gasteiger partial charge in [0.25, 0.3) is 5.91 Å². The number of hydrogen-bond donors (Lipinski definition) is 2. The Morgan fingerprint density at radius 2 is 1.56 bits per heavy atom. The van der Waals surface area contributed by atoms with Crippen LogP contribution in [0.25, 0.3) is 0 Å². The van der Waals surface area contributed by atoms with Gasteiger partial charge in [-0.2, -0.15) is 0 Å². The van der Waals surface area contributed by atoms with Crippen molar-refractivity contribution >= 4 is 35.1 Å². The molecule has 0 aliphatic carbocycles. The number of aliphatic carboxylic acids is 1. The van der Waals surface area contributed by atoms with Crippen molar-refractivity contribution < 1.29 is 24.3 Å². The Bertz CT molecular complexity index is 1010. The van der Waals surface area contributed by atoms with E-state index in [9.17, 15) is 19.2 Å². The highest BCUT2D eigenvalue weighted by Gasteiger charge is 2.35. The minimum absolute atomic E-state index is 0.0797. The maximum absolute atomic E-state index is 12.7. The van der Waals surface area contributed by atoms with Gasteiger partial charge in [-0.25, -0.2) is 0 Å². The Balaban J connectivity index is 1.33. The van der Waals surface area contributed by atoms with Crippen molar-refractivity contribution in [3.05, 3.63) is 60.2 Å². The first-order valence-corrected chi connectivity index (χ1v) is 10.7. The Labute approximate surface area is 185 Å². The molecule has 0 unspecified atom stereocenters. The zero-order chi connectivity index (χ0) is 22.7. The van der Waals surface area contributed by atoms with Crippen LogP contribution in [0.4, 0.5) is 11.4 Å². The first-order valence-electron chi connectivity index (χ1n) is 10.7. The van der Waals surface area contributed by atoms with Gasteiger partial charge < -0.3 is 20.2 Å².